The number of carbonyl (C=O) groups excluding carboxylic acids is 1. The largest absolute Gasteiger partial charge is 0.508 e. The van der Waals surface area contributed by atoms with Gasteiger partial charge in [0.2, 0.25) is 0 Å². The minimum atomic E-state index is -0.256. The van der Waals surface area contributed by atoms with Gasteiger partial charge < -0.3 is 10.4 Å². The monoisotopic (exact) mass is 275 g/mol. The number of phenolic OH excluding ortho intramolecular Hbond substituents is 1. The van der Waals surface area contributed by atoms with Crippen molar-refractivity contribution in [1.82, 2.24) is 0 Å². The maximum atomic E-state index is 12.1. The molecule has 0 radical (unpaired) electrons. The van der Waals surface area contributed by atoms with E-state index in [1.165, 1.54) is 6.07 Å². The summed E-state index contributed by atoms with van der Waals surface area (Å²) >= 11 is 6.06. The maximum Gasteiger partial charge on any atom is 0.255 e. The summed E-state index contributed by atoms with van der Waals surface area (Å²) in [5.74, 6) is -0.0845. The van der Waals surface area contributed by atoms with Crippen LogP contribution < -0.4 is 5.32 Å². The Morgan fingerprint density at radius 1 is 1.16 bits per heavy atom. The minimum absolute atomic E-state index is 0.171. The van der Waals surface area contributed by atoms with E-state index in [9.17, 15) is 9.90 Å². The Kier molecular flexibility index (Phi) is 3.76. The standard InChI is InChI=1S/C15H14ClNO2/c1-9-3-5-13(12(16)7-9)17-15(19)11-4-6-14(18)10(2)8-11/h3-8,18H,1-2H3,(H,17,19). The van der Waals surface area contributed by atoms with E-state index in [1.54, 1.807) is 31.2 Å². The average Bonchev–Trinajstić information content (AvgIpc) is 2.36. The molecule has 1 amide bonds. The molecule has 2 aromatic rings. The number of carbonyl (C=O) groups is 1. The number of benzene rings is 2. The first-order valence-electron chi connectivity index (χ1n) is 5.84. The molecule has 0 aromatic heterocycles. The third-order valence-corrected chi connectivity index (χ3v) is 3.14. The third-order valence-electron chi connectivity index (χ3n) is 2.83. The van der Waals surface area contributed by atoms with Gasteiger partial charge in [-0.3, -0.25) is 4.79 Å². The fourth-order valence-electron chi connectivity index (χ4n) is 1.71. The van der Waals surface area contributed by atoms with Crippen LogP contribution in [0.15, 0.2) is 36.4 Å². The van der Waals surface area contributed by atoms with Gasteiger partial charge in [0.25, 0.3) is 5.91 Å². The molecule has 19 heavy (non-hydrogen) atoms. The summed E-state index contributed by atoms with van der Waals surface area (Å²) in [7, 11) is 0. The minimum Gasteiger partial charge on any atom is -0.508 e. The first kappa shape index (κ1) is 13.4. The zero-order valence-electron chi connectivity index (χ0n) is 10.7. The number of phenols is 1. The molecule has 3 nitrogen and oxygen atoms in total. The lowest BCUT2D eigenvalue weighted by atomic mass is 10.1. The molecular weight excluding hydrogens is 262 g/mol. The number of rotatable bonds is 2. The number of anilines is 1. The molecule has 2 N–H and O–H groups in total. The van der Waals surface area contributed by atoms with Crippen LogP contribution in [0.4, 0.5) is 5.69 Å². The molecule has 0 aliphatic carbocycles. The molecule has 98 valence electrons. The van der Waals surface area contributed by atoms with Gasteiger partial charge in [-0.2, -0.15) is 0 Å². The highest BCUT2D eigenvalue weighted by molar-refractivity contribution is 6.34. The van der Waals surface area contributed by atoms with E-state index in [0.717, 1.165) is 5.56 Å². The van der Waals surface area contributed by atoms with Crippen LogP contribution in [-0.2, 0) is 0 Å². The van der Waals surface area contributed by atoms with Crippen molar-refractivity contribution in [3.8, 4) is 5.75 Å². The molecule has 0 saturated carbocycles. The number of aromatic hydroxyl groups is 1. The van der Waals surface area contributed by atoms with Crippen LogP contribution in [0.2, 0.25) is 5.02 Å². The summed E-state index contributed by atoms with van der Waals surface area (Å²) in [6.07, 6.45) is 0. The Labute approximate surface area is 116 Å². The lowest BCUT2D eigenvalue weighted by molar-refractivity contribution is 0.102. The predicted octanol–water partition coefficient (Wildman–Crippen LogP) is 3.91. The first-order chi connectivity index (χ1) is 8.97. The Bertz CT molecular complexity index is 638. The van der Waals surface area contributed by atoms with Gasteiger partial charge in [-0.15, -0.1) is 0 Å². The zero-order valence-corrected chi connectivity index (χ0v) is 11.5. The topological polar surface area (TPSA) is 49.3 Å². The molecule has 2 rings (SSSR count). The van der Waals surface area contributed by atoms with Gasteiger partial charge in [0.1, 0.15) is 5.75 Å². The lowest BCUT2D eigenvalue weighted by Gasteiger charge is -2.09. The molecule has 0 fully saturated rings. The highest BCUT2D eigenvalue weighted by atomic mass is 35.5. The Morgan fingerprint density at radius 2 is 1.89 bits per heavy atom. The van der Waals surface area contributed by atoms with Crippen LogP contribution in [0.25, 0.3) is 0 Å². The number of halogens is 1. The smallest absolute Gasteiger partial charge is 0.255 e. The molecule has 0 heterocycles. The van der Waals surface area contributed by atoms with E-state index >= 15 is 0 Å². The van der Waals surface area contributed by atoms with Crippen LogP contribution in [0.5, 0.6) is 5.75 Å². The molecule has 2 aromatic carbocycles. The fourth-order valence-corrected chi connectivity index (χ4v) is 2.00. The van der Waals surface area contributed by atoms with Gasteiger partial charge in [0.05, 0.1) is 10.7 Å². The summed E-state index contributed by atoms with van der Waals surface area (Å²) in [5.41, 5.74) is 2.74. The normalized spacial score (nSPS) is 10.3. The predicted molar refractivity (Wildman–Crippen MR) is 77.0 cm³/mol. The number of nitrogens with one attached hydrogen (secondary N) is 1. The Hall–Kier alpha value is -2.00. The number of amides is 1. The van der Waals surface area contributed by atoms with Crippen LogP contribution in [0.1, 0.15) is 21.5 Å². The number of aryl methyl sites for hydroxylation is 2. The molecule has 0 spiro atoms. The SMILES string of the molecule is Cc1ccc(NC(=O)c2ccc(O)c(C)c2)c(Cl)c1. The van der Waals surface area contributed by atoms with Gasteiger partial charge in [-0.05, 0) is 55.3 Å². The van der Waals surface area contributed by atoms with E-state index in [1.807, 2.05) is 13.0 Å². The van der Waals surface area contributed by atoms with Crippen molar-refractivity contribution >= 4 is 23.2 Å². The number of hydrogen-bond acceptors (Lipinski definition) is 2. The van der Waals surface area contributed by atoms with Gasteiger partial charge in [-0.1, -0.05) is 17.7 Å². The second-order valence-corrected chi connectivity index (χ2v) is 4.85. The molecule has 4 heteroatoms. The maximum absolute atomic E-state index is 12.1. The lowest BCUT2D eigenvalue weighted by Crippen LogP contribution is -2.12. The fraction of sp³-hybridized carbons (Fsp3) is 0.133. The van der Waals surface area contributed by atoms with Crippen LogP contribution in [0.3, 0.4) is 0 Å². The second-order valence-electron chi connectivity index (χ2n) is 4.44. The first-order valence-corrected chi connectivity index (χ1v) is 6.22. The molecule has 0 aliphatic rings. The van der Waals surface area contributed by atoms with Crippen molar-refractivity contribution in [3.63, 3.8) is 0 Å². The van der Waals surface area contributed by atoms with Gasteiger partial charge in [0.15, 0.2) is 0 Å². The van der Waals surface area contributed by atoms with E-state index < -0.39 is 0 Å². The molecule has 0 unspecified atom stereocenters. The highest BCUT2D eigenvalue weighted by Crippen LogP contribution is 2.24. The molecule has 0 aliphatic heterocycles. The highest BCUT2D eigenvalue weighted by Gasteiger charge is 2.09. The Balaban J connectivity index is 2.23. The van der Waals surface area contributed by atoms with Gasteiger partial charge in [0, 0.05) is 5.56 Å². The van der Waals surface area contributed by atoms with Crippen molar-refractivity contribution in [2.24, 2.45) is 0 Å². The van der Waals surface area contributed by atoms with Crippen LogP contribution in [0, 0.1) is 13.8 Å². The summed E-state index contributed by atoms with van der Waals surface area (Å²) in [6, 6.07) is 10.1. The molecule has 0 bridgehead atoms. The van der Waals surface area contributed by atoms with Crippen molar-refractivity contribution in [3.05, 3.63) is 58.1 Å². The van der Waals surface area contributed by atoms with Crippen molar-refractivity contribution < 1.29 is 9.90 Å². The van der Waals surface area contributed by atoms with Crippen LogP contribution >= 0.6 is 11.6 Å². The van der Waals surface area contributed by atoms with Gasteiger partial charge >= 0.3 is 0 Å². The number of hydrogen-bond donors (Lipinski definition) is 2. The molecule has 0 atom stereocenters. The second kappa shape index (κ2) is 5.33. The average molecular weight is 276 g/mol. The van der Waals surface area contributed by atoms with E-state index in [2.05, 4.69) is 5.32 Å². The van der Waals surface area contributed by atoms with Crippen molar-refractivity contribution in [1.29, 1.82) is 0 Å². The Morgan fingerprint density at radius 3 is 2.53 bits per heavy atom. The third kappa shape index (κ3) is 3.06. The van der Waals surface area contributed by atoms with Crippen molar-refractivity contribution in [2.75, 3.05) is 5.32 Å². The molecule has 0 saturated heterocycles. The van der Waals surface area contributed by atoms with Crippen molar-refractivity contribution in [2.45, 2.75) is 13.8 Å². The molecular formula is C15H14ClNO2. The van der Waals surface area contributed by atoms with E-state index in [0.29, 0.717) is 21.8 Å². The van der Waals surface area contributed by atoms with E-state index in [4.69, 9.17) is 11.6 Å². The zero-order chi connectivity index (χ0) is 14.0. The summed E-state index contributed by atoms with van der Waals surface area (Å²) in [6.45, 7) is 3.67. The summed E-state index contributed by atoms with van der Waals surface area (Å²) in [4.78, 5) is 12.1. The van der Waals surface area contributed by atoms with Crippen LogP contribution in [-0.4, -0.2) is 11.0 Å². The van der Waals surface area contributed by atoms with E-state index in [-0.39, 0.29) is 11.7 Å². The summed E-state index contributed by atoms with van der Waals surface area (Å²) in [5, 5.41) is 12.7. The summed E-state index contributed by atoms with van der Waals surface area (Å²) < 4.78 is 0. The van der Waals surface area contributed by atoms with Gasteiger partial charge in [-0.25, -0.2) is 0 Å². The quantitative estimate of drug-likeness (QED) is 0.873.